The van der Waals surface area contributed by atoms with Crippen LogP contribution in [0.2, 0.25) is 0 Å². The van der Waals surface area contributed by atoms with E-state index in [9.17, 15) is 4.39 Å². The number of hydrogen-bond acceptors (Lipinski definition) is 6. The zero-order valence-corrected chi connectivity index (χ0v) is 14.0. The van der Waals surface area contributed by atoms with Crippen molar-refractivity contribution in [3.05, 3.63) is 71.7 Å². The molecule has 27 heavy (non-hydrogen) atoms. The number of hydrogen-bond donors (Lipinski definition) is 1. The van der Waals surface area contributed by atoms with Gasteiger partial charge in [-0.05, 0) is 24.3 Å². The Labute approximate surface area is 152 Å². The van der Waals surface area contributed by atoms with Crippen LogP contribution in [-0.2, 0) is 6.42 Å². The van der Waals surface area contributed by atoms with Gasteiger partial charge in [-0.1, -0.05) is 0 Å². The summed E-state index contributed by atoms with van der Waals surface area (Å²) in [7, 11) is 0. The number of nitrogens with one attached hydrogen (secondary N) is 1. The van der Waals surface area contributed by atoms with Gasteiger partial charge in [0, 0.05) is 31.1 Å². The first-order chi connectivity index (χ1) is 13.2. The Bertz CT molecular complexity index is 1190. The van der Waals surface area contributed by atoms with Crippen molar-refractivity contribution >= 4 is 11.3 Å². The van der Waals surface area contributed by atoms with Gasteiger partial charge in [0.25, 0.3) is 0 Å². The highest BCUT2D eigenvalue weighted by Crippen LogP contribution is 2.35. The summed E-state index contributed by atoms with van der Waals surface area (Å²) < 4.78 is 15.7. The Morgan fingerprint density at radius 1 is 1.30 bits per heavy atom. The van der Waals surface area contributed by atoms with Crippen LogP contribution in [0.5, 0.6) is 0 Å². The lowest BCUT2D eigenvalue weighted by molar-refractivity contribution is 0.608. The number of anilines is 1. The van der Waals surface area contributed by atoms with Gasteiger partial charge in [0.1, 0.15) is 29.3 Å². The third kappa shape index (κ3) is 2.42. The highest BCUT2D eigenvalue weighted by Gasteiger charge is 2.34. The second-order valence-electron chi connectivity index (χ2n) is 6.22. The van der Waals surface area contributed by atoms with Crippen LogP contribution >= 0.6 is 0 Å². The molecule has 0 saturated carbocycles. The maximum Gasteiger partial charge on any atom is 0.234 e. The van der Waals surface area contributed by atoms with Crippen molar-refractivity contribution in [3.8, 4) is 6.07 Å². The summed E-state index contributed by atoms with van der Waals surface area (Å²) in [5.74, 6) is 0.368. The molecule has 0 amide bonds. The Balaban J connectivity index is 1.69. The summed E-state index contributed by atoms with van der Waals surface area (Å²) in [6.07, 6.45) is 5.66. The molecule has 132 valence electrons. The molecule has 0 fully saturated rings. The first kappa shape index (κ1) is 15.5. The zero-order valence-electron chi connectivity index (χ0n) is 14.0. The SMILES string of the molecule is N#Cc1nccc(N2CCc3[nH]cnc3[C@@H]2c2cc3c(F)cccn3n2)n1. The summed E-state index contributed by atoms with van der Waals surface area (Å²) in [5.41, 5.74) is 2.89. The summed E-state index contributed by atoms with van der Waals surface area (Å²) in [5, 5.41) is 13.7. The van der Waals surface area contributed by atoms with E-state index in [1.165, 1.54) is 10.6 Å². The molecule has 0 radical (unpaired) electrons. The van der Waals surface area contributed by atoms with Gasteiger partial charge in [0.2, 0.25) is 5.82 Å². The first-order valence-electron chi connectivity index (χ1n) is 8.40. The number of nitrogens with zero attached hydrogens (tertiary/aromatic N) is 7. The van der Waals surface area contributed by atoms with Crippen LogP contribution in [0.4, 0.5) is 10.2 Å². The molecule has 1 N–H and O–H groups in total. The van der Waals surface area contributed by atoms with Gasteiger partial charge in [-0.2, -0.15) is 10.4 Å². The number of H-pyrrole nitrogens is 1. The van der Waals surface area contributed by atoms with Crippen molar-refractivity contribution in [1.82, 2.24) is 29.5 Å². The Kier molecular flexibility index (Phi) is 3.36. The third-order valence-corrected chi connectivity index (χ3v) is 4.71. The molecule has 5 rings (SSSR count). The van der Waals surface area contributed by atoms with E-state index in [2.05, 4.69) is 25.0 Å². The number of halogens is 1. The van der Waals surface area contributed by atoms with E-state index in [0.29, 0.717) is 23.6 Å². The van der Waals surface area contributed by atoms with Crippen molar-refractivity contribution in [2.45, 2.75) is 12.5 Å². The molecule has 0 spiro atoms. The normalized spacial score (nSPS) is 16.3. The van der Waals surface area contributed by atoms with Crippen molar-refractivity contribution in [2.24, 2.45) is 0 Å². The monoisotopic (exact) mass is 360 g/mol. The number of rotatable bonds is 2. The predicted octanol–water partition coefficient (Wildman–Crippen LogP) is 2.01. The van der Waals surface area contributed by atoms with Crippen LogP contribution in [0.15, 0.2) is 43.0 Å². The van der Waals surface area contributed by atoms with Crippen molar-refractivity contribution in [2.75, 3.05) is 11.4 Å². The van der Waals surface area contributed by atoms with E-state index in [1.807, 2.05) is 11.0 Å². The molecule has 0 aromatic carbocycles. The van der Waals surface area contributed by atoms with E-state index in [-0.39, 0.29) is 17.7 Å². The minimum Gasteiger partial charge on any atom is -0.348 e. The summed E-state index contributed by atoms with van der Waals surface area (Å²) in [6, 6.07) is 8.11. The molecule has 0 bridgehead atoms. The molecule has 4 aromatic heterocycles. The quantitative estimate of drug-likeness (QED) is 0.587. The second-order valence-corrected chi connectivity index (χ2v) is 6.22. The van der Waals surface area contributed by atoms with Gasteiger partial charge in [-0.15, -0.1) is 0 Å². The molecule has 1 aliphatic rings. The van der Waals surface area contributed by atoms with Crippen molar-refractivity contribution in [1.29, 1.82) is 5.26 Å². The average Bonchev–Trinajstić information content (AvgIpc) is 3.34. The first-order valence-corrected chi connectivity index (χ1v) is 8.40. The number of aromatic nitrogens is 6. The molecule has 9 heteroatoms. The van der Waals surface area contributed by atoms with Crippen LogP contribution in [0.1, 0.15) is 28.9 Å². The molecule has 0 saturated heterocycles. The van der Waals surface area contributed by atoms with Gasteiger partial charge >= 0.3 is 0 Å². The number of fused-ring (bicyclic) bond motifs is 2. The molecule has 0 aliphatic carbocycles. The van der Waals surface area contributed by atoms with Gasteiger partial charge < -0.3 is 9.88 Å². The highest BCUT2D eigenvalue weighted by atomic mass is 19.1. The van der Waals surface area contributed by atoms with Crippen LogP contribution < -0.4 is 4.90 Å². The Morgan fingerprint density at radius 2 is 2.22 bits per heavy atom. The van der Waals surface area contributed by atoms with Gasteiger partial charge in [0.15, 0.2) is 0 Å². The van der Waals surface area contributed by atoms with Crippen molar-refractivity contribution in [3.63, 3.8) is 0 Å². The second kappa shape index (κ2) is 5.88. The fourth-order valence-electron chi connectivity index (χ4n) is 3.52. The zero-order chi connectivity index (χ0) is 18.4. The number of imidazole rings is 1. The van der Waals surface area contributed by atoms with E-state index in [4.69, 9.17) is 5.26 Å². The molecule has 5 heterocycles. The molecule has 1 atom stereocenters. The maximum absolute atomic E-state index is 14.2. The fraction of sp³-hybridized carbons (Fsp3) is 0.167. The number of aromatic amines is 1. The third-order valence-electron chi connectivity index (χ3n) is 4.71. The van der Waals surface area contributed by atoms with Crippen LogP contribution in [0.3, 0.4) is 0 Å². The van der Waals surface area contributed by atoms with Gasteiger partial charge in [-0.25, -0.2) is 23.9 Å². The highest BCUT2D eigenvalue weighted by molar-refractivity contribution is 5.54. The minimum atomic E-state index is -0.347. The molecule has 8 nitrogen and oxygen atoms in total. The number of pyridine rings is 1. The lowest BCUT2D eigenvalue weighted by Crippen LogP contribution is -2.37. The molecular weight excluding hydrogens is 347 g/mol. The van der Waals surface area contributed by atoms with Crippen LogP contribution in [0.25, 0.3) is 5.52 Å². The van der Waals surface area contributed by atoms with Crippen molar-refractivity contribution < 1.29 is 4.39 Å². The summed E-state index contributed by atoms with van der Waals surface area (Å²) in [6.45, 7) is 0.651. The minimum absolute atomic E-state index is 0.0973. The Morgan fingerprint density at radius 3 is 3.07 bits per heavy atom. The number of nitriles is 1. The summed E-state index contributed by atoms with van der Waals surface area (Å²) in [4.78, 5) is 17.9. The van der Waals surface area contributed by atoms with E-state index in [1.54, 1.807) is 36.9 Å². The van der Waals surface area contributed by atoms with Crippen LogP contribution in [-0.4, -0.2) is 36.1 Å². The summed E-state index contributed by atoms with van der Waals surface area (Å²) >= 11 is 0. The Hall–Kier alpha value is -3.80. The van der Waals surface area contributed by atoms with E-state index >= 15 is 0 Å². The van der Waals surface area contributed by atoms with E-state index < -0.39 is 0 Å². The fourth-order valence-corrected chi connectivity index (χ4v) is 3.52. The predicted molar refractivity (Wildman–Crippen MR) is 93.4 cm³/mol. The standard InChI is InChI=1S/C18H13FN8/c19-11-2-1-6-27-14(11)8-13(25-27)18-17-12(22-10-23-17)4-7-26(18)16-3-5-21-15(9-20)24-16/h1-3,5-6,8,10,18H,4,7H2,(H,22,23)/t18-/m0/s1. The van der Waals surface area contributed by atoms with Crippen LogP contribution in [0, 0.1) is 17.1 Å². The largest absolute Gasteiger partial charge is 0.348 e. The molecular formula is C18H13FN8. The molecule has 4 aromatic rings. The molecule has 1 aliphatic heterocycles. The molecule has 0 unspecified atom stereocenters. The smallest absolute Gasteiger partial charge is 0.234 e. The van der Waals surface area contributed by atoms with Gasteiger partial charge in [-0.3, -0.25) is 0 Å². The van der Waals surface area contributed by atoms with E-state index in [0.717, 1.165) is 17.8 Å². The average molecular weight is 360 g/mol. The topological polar surface area (TPSA) is 98.8 Å². The van der Waals surface area contributed by atoms with Gasteiger partial charge in [0.05, 0.1) is 17.7 Å². The lowest BCUT2D eigenvalue weighted by atomic mass is 9.99. The maximum atomic E-state index is 14.2. The lowest BCUT2D eigenvalue weighted by Gasteiger charge is -2.34.